The highest BCUT2D eigenvalue weighted by Gasteiger charge is 2.28. The van der Waals surface area contributed by atoms with Crippen molar-refractivity contribution in [2.24, 2.45) is 7.05 Å². The van der Waals surface area contributed by atoms with E-state index in [-0.39, 0.29) is 11.5 Å². The van der Waals surface area contributed by atoms with Crippen LogP contribution in [-0.2, 0) is 7.05 Å². The molecule has 0 spiro atoms. The Morgan fingerprint density at radius 1 is 1.27 bits per heavy atom. The van der Waals surface area contributed by atoms with E-state index in [9.17, 15) is 9.59 Å². The van der Waals surface area contributed by atoms with E-state index in [1.54, 1.807) is 16.8 Å². The summed E-state index contributed by atoms with van der Waals surface area (Å²) in [7, 11) is 1.82. The van der Waals surface area contributed by atoms with E-state index in [0.29, 0.717) is 22.8 Å². The van der Waals surface area contributed by atoms with Crippen LogP contribution in [0.1, 0.15) is 50.9 Å². The summed E-state index contributed by atoms with van der Waals surface area (Å²) < 4.78 is 1.69. The van der Waals surface area contributed by atoms with Crippen molar-refractivity contribution in [2.75, 3.05) is 5.32 Å². The predicted molar refractivity (Wildman–Crippen MR) is 96.6 cm³/mol. The van der Waals surface area contributed by atoms with Gasteiger partial charge >= 0.3 is 5.97 Å². The average Bonchev–Trinajstić information content (AvgIpc) is 3.41. The van der Waals surface area contributed by atoms with E-state index in [1.807, 2.05) is 20.0 Å². The van der Waals surface area contributed by atoms with Crippen molar-refractivity contribution in [1.29, 1.82) is 0 Å². The molecule has 7 nitrogen and oxygen atoms in total. The number of benzene rings is 1. The highest BCUT2D eigenvalue weighted by atomic mass is 16.4. The average molecular weight is 350 g/mol. The van der Waals surface area contributed by atoms with Gasteiger partial charge in [-0.05, 0) is 44.0 Å². The number of amides is 1. The van der Waals surface area contributed by atoms with Crippen LogP contribution < -0.4 is 5.32 Å². The molecule has 7 heteroatoms. The van der Waals surface area contributed by atoms with Gasteiger partial charge in [-0.2, -0.15) is 5.10 Å². The van der Waals surface area contributed by atoms with Gasteiger partial charge in [0.05, 0.1) is 22.2 Å². The van der Waals surface area contributed by atoms with Crippen LogP contribution in [0, 0.1) is 6.92 Å². The maximum Gasteiger partial charge on any atom is 0.335 e. The highest BCUT2D eigenvalue weighted by Crippen LogP contribution is 2.40. The number of fused-ring (bicyclic) bond motifs is 1. The largest absolute Gasteiger partial charge is 0.478 e. The first-order chi connectivity index (χ1) is 12.4. The Balaban J connectivity index is 1.76. The number of nitrogens with one attached hydrogen (secondary N) is 1. The zero-order chi connectivity index (χ0) is 18.4. The van der Waals surface area contributed by atoms with Crippen molar-refractivity contribution in [3.05, 3.63) is 52.8 Å². The second-order valence-electron chi connectivity index (χ2n) is 6.62. The number of aromatic nitrogens is 3. The van der Waals surface area contributed by atoms with E-state index < -0.39 is 5.97 Å². The first-order valence-electron chi connectivity index (χ1n) is 8.43. The molecule has 26 heavy (non-hydrogen) atoms. The number of anilines is 1. The minimum absolute atomic E-state index is 0.124. The monoisotopic (exact) mass is 350 g/mol. The van der Waals surface area contributed by atoms with Crippen molar-refractivity contribution in [2.45, 2.75) is 25.7 Å². The molecule has 0 saturated heterocycles. The molecule has 1 aromatic carbocycles. The molecule has 1 amide bonds. The van der Waals surface area contributed by atoms with Gasteiger partial charge in [-0.25, -0.2) is 9.78 Å². The highest BCUT2D eigenvalue weighted by molar-refractivity contribution is 6.13. The van der Waals surface area contributed by atoms with Gasteiger partial charge in [0.25, 0.3) is 5.91 Å². The summed E-state index contributed by atoms with van der Waals surface area (Å²) >= 11 is 0. The summed E-state index contributed by atoms with van der Waals surface area (Å²) in [6.07, 6.45) is 2.16. The van der Waals surface area contributed by atoms with Crippen molar-refractivity contribution in [3.8, 4) is 0 Å². The van der Waals surface area contributed by atoms with Gasteiger partial charge in [-0.1, -0.05) is 6.07 Å². The van der Waals surface area contributed by atoms with Crippen LogP contribution in [0.15, 0.2) is 30.3 Å². The maximum atomic E-state index is 12.9. The van der Waals surface area contributed by atoms with Crippen molar-refractivity contribution in [3.63, 3.8) is 0 Å². The van der Waals surface area contributed by atoms with Crippen LogP contribution in [0.2, 0.25) is 0 Å². The second-order valence-corrected chi connectivity index (χ2v) is 6.62. The van der Waals surface area contributed by atoms with E-state index >= 15 is 0 Å². The van der Waals surface area contributed by atoms with Gasteiger partial charge in [0.2, 0.25) is 0 Å². The van der Waals surface area contributed by atoms with Crippen LogP contribution in [0.3, 0.4) is 0 Å². The number of rotatable bonds is 4. The SMILES string of the molecule is Cc1nn(C)c2nc(C3CC3)cc(C(=O)Nc3cccc(C(=O)O)c3)c12. The minimum Gasteiger partial charge on any atom is -0.478 e. The molecule has 3 aromatic rings. The van der Waals surface area contributed by atoms with Crippen LogP contribution >= 0.6 is 0 Å². The van der Waals surface area contributed by atoms with Gasteiger partial charge < -0.3 is 10.4 Å². The zero-order valence-electron chi connectivity index (χ0n) is 14.5. The first-order valence-corrected chi connectivity index (χ1v) is 8.43. The summed E-state index contributed by atoms with van der Waals surface area (Å²) in [6.45, 7) is 1.85. The number of carboxylic acid groups (broad SMARTS) is 1. The first kappa shape index (κ1) is 16.3. The number of carbonyl (C=O) groups excluding carboxylic acids is 1. The molecule has 2 aromatic heterocycles. The summed E-state index contributed by atoms with van der Waals surface area (Å²) in [5, 5.41) is 17.0. The summed E-state index contributed by atoms with van der Waals surface area (Å²) in [4.78, 5) is 28.8. The molecular formula is C19H18N4O3. The van der Waals surface area contributed by atoms with E-state index in [4.69, 9.17) is 5.11 Å². The van der Waals surface area contributed by atoms with Crippen molar-refractivity contribution >= 4 is 28.6 Å². The lowest BCUT2D eigenvalue weighted by Gasteiger charge is -2.09. The van der Waals surface area contributed by atoms with E-state index in [1.165, 1.54) is 12.1 Å². The molecule has 0 atom stereocenters. The van der Waals surface area contributed by atoms with Gasteiger partial charge in [-0.3, -0.25) is 9.48 Å². The molecule has 2 heterocycles. The Kier molecular flexibility index (Phi) is 3.72. The molecule has 1 fully saturated rings. The smallest absolute Gasteiger partial charge is 0.335 e. The number of aromatic carboxylic acids is 1. The third-order valence-electron chi connectivity index (χ3n) is 4.60. The van der Waals surface area contributed by atoms with Gasteiger partial charge in [-0.15, -0.1) is 0 Å². The third kappa shape index (κ3) is 2.81. The fourth-order valence-corrected chi connectivity index (χ4v) is 3.16. The number of carboxylic acids is 1. The lowest BCUT2D eigenvalue weighted by Crippen LogP contribution is -2.14. The lowest BCUT2D eigenvalue weighted by molar-refractivity contribution is 0.0696. The van der Waals surface area contributed by atoms with Crippen LogP contribution in [0.4, 0.5) is 5.69 Å². The predicted octanol–water partition coefficient (Wildman–Crippen LogP) is 3.10. The summed E-state index contributed by atoms with van der Waals surface area (Å²) in [6, 6.07) is 8.04. The fourth-order valence-electron chi connectivity index (χ4n) is 3.16. The standard InChI is InChI=1S/C19H18N4O3/c1-10-16-14(9-15(11-6-7-11)21-17(16)23(2)22-10)18(24)20-13-5-3-4-12(8-13)19(25)26/h3-5,8-9,11H,6-7H2,1-2H3,(H,20,24)(H,25,26). The number of hydrogen-bond acceptors (Lipinski definition) is 4. The molecule has 2 N–H and O–H groups in total. The van der Waals surface area contributed by atoms with Crippen molar-refractivity contribution < 1.29 is 14.7 Å². The van der Waals surface area contributed by atoms with Gasteiger partial charge in [0, 0.05) is 24.3 Å². The number of carbonyl (C=O) groups is 2. The van der Waals surface area contributed by atoms with E-state index in [0.717, 1.165) is 29.6 Å². The molecule has 0 radical (unpaired) electrons. The maximum absolute atomic E-state index is 12.9. The summed E-state index contributed by atoms with van der Waals surface area (Å²) in [5.74, 6) is -0.930. The number of nitrogens with zero attached hydrogens (tertiary/aromatic N) is 3. The van der Waals surface area contributed by atoms with Gasteiger partial charge in [0.15, 0.2) is 5.65 Å². The fraction of sp³-hybridized carbons (Fsp3) is 0.263. The molecular weight excluding hydrogens is 332 g/mol. The number of pyridine rings is 1. The minimum atomic E-state index is -1.04. The van der Waals surface area contributed by atoms with Crippen molar-refractivity contribution in [1.82, 2.24) is 14.8 Å². The summed E-state index contributed by atoms with van der Waals surface area (Å²) in [5.41, 5.74) is 3.42. The Hall–Kier alpha value is -3.22. The van der Waals surface area contributed by atoms with Crippen LogP contribution in [-0.4, -0.2) is 31.7 Å². The number of hydrogen-bond donors (Lipinski definition) is 2. The topological polar surface area (TPSA) is 97.1 Å². The Morgan fingerprint density at radius 2 is 2.04 bits per heavy atom. The zero-order valence-corrected chi connectivity index (χ0v) is 14.5. The molecule has 1 aliphatic carbocycles. The molecule has 0 unspecified atom stereocenters. The Labute approximate surface area is 149 Å². The molecule has 4 rings (SSSR count). The normalized spacial score (nSPS) is 13.8. The lowest BCUT2D eigenvalue weighted by atomic mass is 10.1. The molecule has 1 aliphatic rings. The quantitative estimate of drug-likeness (QED) is 0.753. The van der Waals surface area contributed by atoms with Crippen LogP contribution in [0.25, 0.3) is 11.0 Å². The Bertz CT molecular complexity index is 1050. The molecule has 132 valence electrons. The molecule has 1 saturated carbocycles. The number of aryl methyl sites for hydroxylation is 2. The van der Waals surface area contributed by atoms with Crippen LogP contribution in [0.5, 0.6) is 0 Å². The molecule has 0 bridgehead atoms. The Morgan fingerprint density at radius 3 is 2.73 bits per heavy atom. The molecule has 0 aliphatic heterocycles. The second kappa shape index (κ2) is 5.94. The van der Waals surface area contributed by atoms with Gasteiger partial charge in [0.1, 0.15) is 0 Å². The van der Waals surface area contributed by atoms with E-state index in [2.05, 4.69) is 15.4 Å². The third-order valence-corrected chi connectivity index (χ3v) is 4.60.